The van der Waals surface area contributed by atoms with Gasteiger partial charge in [-0.05, 0) is 13.0 Å². The minimum atomic E-state index is -0.398. The Hall–Kier alpha value is -3.62. The summed E-state index contributed by atoms with van der Waals surface area (Å²) in [4.78, 5) is 30.2. The van der Waals surface area contributed by atoms with Crippen LogP contribution in [0.3, 0.4) is 0 Å². The lowest BCUT2D eigenvalue weighted by molar-refractivity contribution is 0.0526. The molecule has 0 N–H and O–H groups in total. The average Bonchev–Trinajstić information content (AvgIpc) is 2.83. The van der Waals surface area contributed by atoms with Gasteiger partial charge in [-0.2, -0.15) is 0 Å². The van der Waals surface area contributed by atoms with Crippen LogP contribution in [-0.2, 0) is 4.74 Å². The van der Waals surface area contributed by atoms with E-state index in [-0.39, 0.29) is 6.61 Å². The molecule has 31 heavy (non-hydrogen) atoms. The maximum Gasteiger partial charge on any atom is 0.341 e. The van der Waals surface area contributed by atoms with Gasteiger partial charge >= 0.3 is 5.97 Å². The lowest BCUT2D eigenvalue weighted by Crippen LogP contribution is -2.47. The third-order valence-electron chi connectivity index (χ3n) is 5.30. The number of ether oxygens (including phenoxy) is 3. The standard InChI is InChI=1S/C22H25N5O4/c1-4-31-22(28)17-13-25-20-16(11-15(29-2)12-18(20)30-3)21(17)27-9-7-26(8-10-27)19-14-23-5-6-24-19/h5-6,11-14H,4,7-10H2,1-3H3. The van der Waals surface area contributed by atoms with Gasteiger partial charge in [-0.15, -0.1) is 0 Å². The number of piperazine rings is 1. The fourth-order valence-electron chi connectivity index (χ4n) is 3.82. The van der Waals surface area contributed by atoms with Gasteiger partial charge in [0.15, 0.2) is 0 Å². The molecule has 4 rings (SSSR count). The van der Waals surface area contributed by atoms with Gasteiger partial charge in [0.1, 0.15) is 28.4 Å². The van der Waals surface area contributed by atoms with Gasteiger partial charge in [-0.25, -0.2) is 9.78 Å². The molecule has 0 spiro atoms. The number of pyridine rings is 1. The Morgan fingerprint density at radius 1 is 1.00 bits per heavy atom. The van der Waals surface area contributed by atoms with Crippen molar-refractivity contribution in [2.24, 2.45) is 0 Å². The van der Waals surface area contributed by atoms with Crippen molar-refractivity contribution in [3.63, 3.8) is 0 Å². The molecule has 3 aromatic rings. The molecule has 1 fully saturated rings. The van der Waals surface area contributed by atoms with E-state index < -0.39 is 5.97 Å². The molecule has 0 bridgehead atoms. The van der Waals surface area contributed by atoms with E-state index >= 15 is 0 Å². The van der Waals surface area contributed by atoms with Crippen LogP contribution in [0.1, 0.15) is 17.3 Å². The molecule has 1 aliphatic heterocycles. The highest BCUT2D eigenvalue weighted by Crippen LogP contribution is 2.38. The van der Waals surface area contributed by atoms with Crippen LogP contribution in [0.4, 0.5) is 11.5 Å². The molecule has 1 aromatic carbocycles. The highest BCUT2D eigenvalue weighted by atomic mass is 16.5. The molecule has 0 unspecified atom stereocenters. The minimum Gasteiger partial charge on any atom is -0.497 e. The van der Waals surface area contributed by atoms with Crippen LogP contribution in [0.5, 0.6) is 11.5 Å². The molecule has 0 amide bonds. The van der Waals surface area contributed by atoms with E-state index in [2.05, 4.69) is 24.8 Å². The van der Waals surface area contributed by atoms with E-state index in [1.54, 1.807) is 52.0 Å². The van der Waals surface area contributed by atoms with E-state index in [1.807, 2.05) is 6.07 Å². The first kappa shape index (κ1) is 20.6. The van der Waals surface area contributed by atoms with Crippen LogP contribution in [0.2, 0.25) is 0 Å². The van der Waals surface area contributed by atoms with Crippen molar-refractivity contribution in [1.82, 2.24) is 15.0 Å². The molecule has 2 aromatic heterocycles. The van der Waals surface area contributed by atoms with Crippen LogP contribution in [-0.4, -0.2) is 67.9 Å². The molecule has 0 aliphatic carbocycles. The molecule has 9 heteroatoms. The average molecular weight is 423 g/mol. The topological polar surface area (TPSA) is 89.9 Å². The fraction of sp³-hybridized carbons (Fsp3) is 0.364. The molecule has 0 saturated carbocycles. The van der Waals surface area contributed by atoms with Crippen LogP contribution < -0.4 is 19.3 Å². The predicted octanol–water partition coefficient (Wildman–Crippen LogP) is 2.55. The van der Waals surface area contributed by atoms with Gasteiger partial charge in [0.05, 0.1) is 32.7 Å². The first-order chi connectivity index (χ1) is 15.2. The van der Waals surface area contributed by atoms with Crippen LogP contribution >= 0.6 is 0 Å². The maximum atomic E-state index is 12.8. The zero-order valence-corrected chi connectivity index (χ0v) is 17.9. The summed E-state index contributed by atoms with van der Waals surface area (Å²) >= 11 is 0. The number of aromatic nitrogens is 3. The Morgan fingerprint density at radius 3 is 2.42 bits per heavy atom. The second kappa shape index (κ2) is 9.03. The van der Waals surface area contributed by atoms with Gasteiger partial charge in [-0.3, -0.25) is 9.97 Å². The van der Waals surface area contributed by atoms with E-state index in [9.17, 15) is 4.79 Å². The number of carbonyl (C=O) groups is 1. The minimum absolute atomic E-state index is 0.290. The SMILES string of the molecule is CCOC(=O)c1cnc2c(OC)cc(OC)cc2c1N1CCN(c2cnccn2)CC1. The number of methoxy groups -OCH3 is 2. The number of hydrogen-bond acceptors (Lipinski definition) is 9. The van der Waals surface area contributed by atoms with E-state index in [1.165, 1.54) is 0 Å². The number of rotatable bonds is 6. The molecule has 9 nitrogen and oxygen atoms in total. The number of nitrogens with zero attached hydrogens (tertiary/aromatic N) is 5. The number of carbonyl (C=O) groups excluding carboxylic acids is 1. The van der Waals surface area contributed by atoms with Gasteiger partial charge in [0, 0.05) is 56.2 Å². The lowest BCUT2D eigenvalue weighted by atomic mass is 10.1. The summed E-state index contributed by atoms with van der Waals surface area (Å²) < 4.78 is 16.3. The van der Waals surface area contributed by atoms with Crippen molar-refractivity contribution in [2.75, 3.05) is 56.8 Å². The highest BCUT2D eigenvalue weighted by molar-refractivity contribution is 6.07. The van der Waals surface area contributed by atoms with E-state index in [4.69, 9.17) is 14.2 Å². The monoisotopic (exact) mass is 423 g/mol. The number of benzene rings is 1. The number of anilines is 2. The molecular weight excluding hydrogens is 398 g/mol. The van der Waals surface area contributed by atoms with Crippen molar-refractivity contribution in [1.29, 1.82) is 0 Å². The summed E-state index contributed by atoms with van der Waals surface area (Å²) in [7, 11) is 3.19. The second-order valence-electron chi connectivity index (χ2n) is 7.00. The molecule has 1 saturated heterocycles. The summed E-state index contributed by atoms with van der Waals surface area (Å²) in [5.41, 5.74) is 1.87. The summed E-state index contributed by atoms with van der Waals surface area (Å²) in [6, 6.07) is 3.67. The molecule has 3 heterocycles. The summed E-state index contributed by atoms with van der Waals surface area (Å²) in [5, 5.41) is 0.787. The van der Waals surface area contributed by atoms with Gasteiger partial charge < -0.3 is 24.0 Å². The third kappa shape index (κ3) is 4.03. The van der Waals surface area contributed by atoms with Crippen molar-refractivity contribution in [3.8, 4) is 11.5 Å². The quantitative estimate of drug-likeness (QED) is 0.555. The first-order valence-corrected chi connectivity index (χ1v) is 10.1. The number of esters is 1. The summed E-state index contributed by atoms with van der Waals surface area (Å²) in [6.45, 7) is 4.96. The highest BCUT2D eigenvalue weighted by Gasteiger charge is 2.27. The third-order valence-corrected chi connectivity index (χ3v) is 5.30. The van der Waals surface area contributed by atoms with Crippen LogP contribution in [0.25, 0.3) is 10.9 Å². The Bertz CT molecular complexity index is 1070. The van der Waals surface area contributed by atoms with Crippen LogP contribution in [0, 0.1) is 0 Å². The maximum absolute atomic E-state index is 12.8. The number of fused-ring (bicyclic) bond motifs is 1. The number of hydrogen-bond donors (Lipinski definition) is 0. The Labute approximate surface area is 180 Å². The molecular formula is C22H25N5O4. The Balaban J connectivity index is 1.77. The van der Waals surface area contributed by atoms with E-state index in [0.29, 0.717) is 35.7 Å². The molecule has 0 radical (unpaired) electrons. The molecule has 1 aliphatic rings. The van der Waals surface area contributed by atoms with Gasteiger partial charge in [-0.1, -0.05) is 0 Å². The van der Waals surface area contributed by atoms with Gasteiger partial charge in [0.2, 0.25) is 0 Å². The largest absolute Gasteiger partial charge is 0.497 e. The normalized spacial score (nSPS) is 13.9. The van der Waals surface area contributed by atoms with Gasteiger partial charge in [0.25, 0.3) is 0 Å². The summed E-state index contributed by atoms with van der Waals surface area (Å²) in [6.07, 6.45) is 6.68. The zero-order chi connectivity index (χ0) is 21.8. The summed E-state index contributed by atoms with van der Waals surface area (Å²) in [5.74, 6) is 1.66. The smallest absolute Gasteiger partial charge is 0.341 e. The molecule has 0 atom stereocenters. The zero-order valence-electron chi connectivity index (χ0n) is 17.9. The molecule has 162 valence electrons. The van der Waals surface area contributed by atoms with Crippen LogP contribution in [0.15, 0.2) is 36.9 Å². The lowest BCUT2D eigenvalue weighted by Gasteiger charge is -2.37. The second-order valence-corrected chi connectivity index (χ2v) is 7.00. The van der Waals surface area contributed by atoms with Crippen molar-refractivity contribution in [2.45, 2.75) is 6.92 Å². The Morgan fingerprint density at radius 2 is 1.77 bits per heavy atom. The fourth-order valence-corrected chi connectivity index (χ4v) is 3.82. The predicted molar refractivity (Wildman–Crippen MR) is 117 cm³/mol. The van der Waals surface area contributed by atoms with E-state index in [0.717, 1.165) is 30.0 Å². The van der Waals surface area contributed by atoms with Crippen molar-refractivity contribution < 1.29 is 19.0 Å². The van der Waals surface area contributed by atoms with Crippen molar-refractivity contribution in [3.05, 3.63) is 42.5 Å². The Kier molecular flexibility index (Phi) is 6.01. The van der Waals surface area contributed by atoms with Crippen molar-refractivity contribution >= 4 is 28.4 Å². The first-order valence-electron chi connectivity index (χ1n) is 10.1.